The van der Waals surface area contributed by atoms with Crippen LogP contribution >= 0.6 is 11.6 Å². The fourth-order valence-corrected chi connectivity index (χ4v) is 1.22. The zero-order valence-corrected chi connectivity index (χ0v) is 11.6. The number of carboxylic acid groups (broad SMARTS) is 1. The van der Waals surface area contributed by atoms with Gasteiger partial charge in [-0.1, -0.05) is 0 Å². The fraction of sp³-hybridized carbons (Fsp3) is 0.909. The van der Waals surface area contributed by atoms with E-state index in [1.54, 1.807) is 0 Å². The Bertz CT molecular complexity index is 194. The number of rotatable bonds is 7. The van der Waals surface area contributed by atoms with Gasteiger partial charge in [0.1, 0.15) is 0 Å². The number of alkyl halides is 1. The van der Waals surface area contributed by atoms with Crippen LogP contribution in [0.3, 0.4) is 0 Å². The van der Waals surface area contributed by atoms with Crippen LogP contribution in [0.25, 0.3) is 0 Å². The van der Waals surface area contributed by atoms with Gasteiger partial charge >= 0.3 is 0 Å². The van der Waals surface area contributed by atoms with Crippen LogP contribution in [0, 0.1) is 0 Å². The number of quaternary nitrogens is 1. The maximum Gasteiger partial charge on any atom is 0.0802 e. The molecule has 0 aliphatic rings. The molecule has 0 rings (SSSR count). The molecule has 0 amide bonds. The number of carbonyl (C=O) groups is 1. The van der Waals surface area contributed by atoms with E-state index in [1.165, 1.54) is 0 Å². The van der Waals surface area contributed by atoms with Crippen molar-refractivity contribution >= 4 is 17.6 Å². The normalized spacial score (nSPS) is 12.6. The highest BCUT2D eigenvalue weighted by molar-refractivity contribution is 6.17. The number of hydrogen-bond donors (Lipinski definition) is 2. The molecule has 2 N–H and O–H groups in total. The minimum absolute atomic E-state index is 0.272. The molecule has 0 saturated heterocycles. The summed E-state index contributed by atoms with van der Waals surface area (Å²) in [5.41, 5.74) is 0. The van der Waals surface area contributed by atoms with E-state index in [-0.39, 0.29) is 12.3 Å². The SMILES string of the molecule is C[N+](C)(C)CCCO.O=C([O-])CC(O)CCCl. The molecule has 1 atom stereocenters. The predicted molar refractivity (Wildman–Crippen MR) is 65.6 cm³/mol. The van der Waals surface area contributed by atoms with Crippen LogP contribution in [0.4, 0.5) is 0 Å². The molecule has 1 unspecified atom stereocenters. The van der Waals surface area contributed by atoms with Crippen molar-refractivity contribution in [1.29, 1.82) is 0 Å². The molecule has 6 heteroatoms. The van der Waals surface area contributed by atoms with Gasteiger partial charge in [0.25, 0.3) is 0 Å². The van der Waals surface area contributed by atoms with Crippen LogP contribution in [0.15, 0.2) is 0 Å². The second-order valence-corrected chi connectivity index (χ2v) is 5.18. The lowest BCUT2D eigenvalue weighted by atomic mass is 10.2. The summed E-state index contributed by atoms with van der Waals surface area (Å²) in [5, 5.41) is 26.9. The summed E-state index contributed by atoms with van der Waals surface area (Å²) in [5.74, 6) is -0.971. The molecule has 0 heterocycles. The van der Waals surface area contributed by atoms with Gasteiger partial charge in [0.15, 0.2) is 0 Å². The highest BCUT2D eigenvalue weighted by Crippen LogP contribution is 1.97. The third-order valence-electron chi connectivity index (χ3n) is 1.83. The molecule has 104 valence electrons. The minimum Gasteiger partial charge on any atom is -0.550 e. The Morgan fingerprint density at radius 2 is 1.94 bits per heavy atom. The summed E-state index contributed by atoms with van der Waals surface area (Å²) < 4.78 is 0.945. The van der Waals surface area contributed by atoms with E-state index in [4.69, 9.17) is 21.8 Å². The largest absolute Gasteiger partial charge is 0.550 e. The maximum absolute atomic E-state index is 9.77. The van der Waals surface area contributed by atoms with Crippen molar-refractivity contribution < 1.29 is 24.6 Å². The highest BCUT2D eigenvalue weighted by Gasteiger charge is 2.03. The Kier molecular flexibility index (Phi) is 12.0. The second kappa shape index (κ2) is 10.8. The summed E-state index contributed by atoms with van der Waals surface area (Å²) in [6.45, 7) is 1.37. The van der Waals surface area contributed by atoms with Gasteiger partial charge in [-0.25, -0.2) is 0 Å². The summed E-state index contributed by atoms with van der Waals surface area (Å²) in [6.07, 6.45) is 0.0265. The lowest BCUT2D eigenvalue weighted by molar-refractivity contribution is -0.870. The third-order valence-corrected chi connectivity index (χ3v) is 2.05. The number of hydrogen-bond acceptors (Lipinski definition) is 4. The minimum atomic E-state index is -1.24. The van der Waals surface area contributed by atoms with E-state index < -0.39 is 12.1 Å². The van der Waals surface area contributed by atoms with Crippen molar-refractivity contribution in [2.24, 2.45) is 0 Å². The number of nitrogens with zero attached hydrogens (tertiary/aromatic N) is 1. The van der Waals surface area contributed by atoms with Gasteiger partial charge in [-0.15, -0.1) is 11.6 Å². The number of halogens is 1. The molecule has 0 aliphatic heterocycles. The van der Waals surface area contributed by atoms with E-state index in [0.29, 0.717) is 13.0 Å². The van der Waals surface area contributed by atoms with Crippen LogP contribution in [-0.4, -0.2) is 66.9 Å². The van der Waals surface area contributed by atoms with Gasteiger partial charge in [-0.05, 0) is 6.42 Å². The first kappa shape index (κ1) is 19.0. The van der Waals surface area contributed by atoms with Crippen molar-refractivity contribution in [3.63, 3.8) is 0 Å². The maximum atomic E-state index is 9.77. The molecule has 0 bridgehead atoms. The highest BCUT2D eigenvalue weighted by atomic mass is 35.5. The Hall–Kier alpha value is -0.360. The Labute approximate surface area is 108 Å². The standard InChI is InChI=1S/C6H16NO.C5H9ClO3/c1-7(2,3)5-4-6-8;6-2-1-4(7)3-5(8)9/h8H,4-6H2,1-3H3;4,7H,1-3H2,(H,8,9)/q+1;/p-1. The van der Waals surface area contributed by atoms with Gasteiger partial charge in [0, 0.05) is 31.3 Å². The average Bonchev–Trinajstić information content (AvgIpc) is 2.13. The van der Waals surface area contributed by atoms with E-state index in [9.17, 15) is 9.90 Å². The van der Waals surface area contributed by atoms with Gasteiger partial charge in [-0.2, -0.15) is 0 Å². The molecule has 0 saturated carbocycles. The number of aliphatic carboxylic acids is 1. The van der Waals surface area contributed by atoms with Gasteiger partial charge in [0.05, 0.1) is 33.8 Å². The van der Waals surface area contributed by atoms with E-state index in [1.807, 2.05) is 0 Å². The first-order valence-electron chi connectivity index (χ1n) is 5.58. The van der Waals surface area contributed by atoms with Crippen molar-refractivity contribution in [1.82, 2.24) is 0 Å². The van der Waals surface area contributed by atoms with Crippen LogP contribution in [0.2, 0.25) is 0 Å². The summed E-state index contributed by atoms with van der Waals surface area (Å²) in [6, 6.07) is 0. The predicted octanol–water partition coefficient (Wildman–Crippen LogP) is -0.809. The van der Waals surface area contributed by atoms with Crippen molar-refractivity contribution in [2.75, 3.05) is 40.2 Å². The fourth-order valence-electron chi connectivity index (χ4n) is 0.965. The lowest BCUT2D eigenvalue weighted by Crippen LogP contribution is -2.35. The summed E-state index contributed by atoms with van der Waals surface area (Å²) in [4.78, 5) is 9.77. The van der Waals surface area contributed by atoms with Crippen LogP contribution in [-0.2, 0) is 4.79 Å². The summed E-state index contributed by atoms with van der Waals surface area (Å²) in [7, 11) is 6.36. The van der Waals surface area contributed by atoms with Crippen molar-refractivity contribution in [3.8, 4) is 0 Å². The Balaban J connectivity index is 0. The molecule has 0 aromatic rings. The molecule has 0 fully saturated rings. The summed E-state index contributed by atoms with van der Waals surface area (Å²) >= 11 is 5.21. The van der Waals surface area contributed by atoms with Gasteiger partial charge in [0.2, 0.25) is 0 Å². The topological polar surface area (TPSA) is 80.6 Å². The molecule has 5 nitrogen and oxygen atoms in total. The lowest BCUT2D eigenvalue weighted by Gasteiger charge is -2.22. The van der Waals surface area contributed by atoms with Gasteiger partial charge in [-0.3, -0.25) is 0 Å². The molecule has 0 aromatic carbocycles. The van der Waals surface area contributed by atoms with E-state index in [2.05, 4.69) is 21.1 Å². The zero-order chi connectivity index (χ0) is 13.9. The number of aliphatic hydroxyl groups is 2. The van der Waals surface area contributed by atoms with Crippen LogP contribution in [0.5, 0.6) is 0 Å². The third kappa shape index (κ3) is 21.5. The molecule has 0 aromatic heterocycles. The molecular weight excluding hydrogens is 246 g/mol. The number of carboxylic acids is 1. The Morgan fingerprint density at radius 3 is 2.18 bits per heavy atom. The van der Waals surface area contributed by atoms with Crippen molar-refractivity contribution in [3.05, 3.63) is 0 Å². The molecule has 17 heavy (non-hydrogen) atoms. The molecule has 0 spiro atoms. The molecular formula is C11H24ClNO4. The van der Waals surface area contributed by atoms with Crippen LogP contribution in [0.1, 0.15) is 19.3 Å². The number of aliphatic hydroxyl groups excluding tert-OH is 2. The van der Waals surface area contributed by atoms with E-state index in [0.717, 1.165) is 17.4 Å². The average molecular weight is 270 g/mol. The molecule has 0 radical (unpaired) electrons. The zero-order valence-electron chi connectivity index (χ0n) is 10.9. The quantitative estimate of drug-likeness (QED) is 0.468. The second-order valence-electron chi connectivity index (χ2n) is 4.80. The van der Waals surface area contributed by atoms with Crippen LogP contribution < -0.4 is 5.11 Å². The van der Waals surface area contributed by atoms with E-state index >= 15 is 0 Å². The van der Waals surface area contributed by atoms with Gasteiger partial charge < -0.3 is 24.6 Å². The van der Waals surface area contributed by atoms with Crippen molar-refractivity contribution in [2.45, 2.75) is 25.4 Å². The Morgan fingerprint density at radius 1 is 1.41 bits per heavy atom. The molecule has 0 aliphatic carbocycles. The first-order valence-corrected chi connectivity index (χ1v) is 6.11. The first-order chi connectivity index (χ1) is 7.72. The monoisotopic (exact) mass is 269 g/mol. The smallest absolute Gasteiger partial charge is 0.0802 e. The number of carbonyl (C=O) groups excluding carboxylic acids is 1.